The van der Waals surface area contributed by atoms with Crippen molar-refractivity contribution in [2.45, 2.75) is 12.5 Å². The molecule has 1 aromatic heterocycles. The van der Waals surface area contributed by atoms with Crippen LogP contribution in [0.1, 0.15) is 17.4 Å². The molecule has 19 heavy (non-hydrogen) atoms. The Morgan fingerprint density at radius 1 is 1.32 bits per heavy atom. The molecule has 0 saturated heterocycles. The van der Waals surface area contributed by atoms with Crippen molar-refractivity contribution in [3.63, 3.8) is 0 Å². The summed E-state index contributed by atoms with van der Waals surface area (Å²) >= 11 is 12.0. The van der Waals surface area contributed by atoms with Crippen molar-refractivity contribution in [3.8, 4) is 5.88 Å². The third kappa shape index (κ3) is 3.35. The Labute approximate surface area is 121 Å². The Morgan fingerprint density at radius 3 is 2.84 bits per heavy atom. The van der Waals surface area contributed by atoms with Crippen LogP contribution < -0.4 is 4.74 Å². The first-order valence-electron chi connectivity index (χ1n) is 5.58. The quantitative estimate of drug-likeness (QED) is 0.942. The molecule has 0 aliphatic carbocycles. The Balaban J connectivity index is 2.20. The highest BCUT2D eigenvalue weighted by molar-refractivity contribution is 6.42. The van der Waals surface area contributed by atoms with Crippen LogP contribution in [0.25, 0.3) is 0 Å². The van der Waals surface area contributed by atoms with Crippen molar-refractivity contribution in [2.75, 3.05) is 7.11 Å². The van der Waals surface area contributed by atoms with Gasteiger partial charge in [0.15, 0.2) is 0 Å². The number of aliphatic hydroxyl groups excluding tert-OH is 1. The molecule has 0 bridgehead atoms. The van der Waals surface area contributed by atoms with Crippen molar-refractivity contribution >= 4 is 23.2 Å². The van der Waals surface area contributed by atoms with E-state index in [1.165, 1.54) is 13.4 Å². The van der Waals surface area contributed by atoms with Gasteiger partial charge in [-0.3, -0.25) is 0 Å². The predicted octanol–water partition coefficient (Wildman–Crippen LogP) is 3.07. The molecule has 4 nitrogen and oxygen atoms in total. The van der Waals surface area contributed by atoms with Crippen molar-refractivity contribution in [1.29, 1.82) is 0 Å². The van der Waals surface area contributed by atoms with Gasteiger partial charge in [0.05, 0.1) is 29.0 Å². The lowest BCUT2D eigenvalue weighted by atomic mass is 10.0. The molecule has 2 rings (SSSR count). The van der Waals surface area contributed by atoms with E-state index < -0.39 is 6.10 Å². The zero-order valence-electron chi connectivity index (χ0n) is 10.2. The van der Waals surface area contributed by atoms with Crippen molar-refractivity contribution in [3.05, 3.63) is 51.9 Å². The summed E-state index contributed by atoms with van der Waals surface area (Å²) in [6.45, 7) is 0. The van der Waals surface area contributed by atoms with Gasteiger partial charge in [-0.25, -0.2) is 9.97 Å². The molecule has 1 heterocycles. The molecule has 1 N–H and O–H groups in total. The number of hydrogen-bond acceptors (Lipinski definition) is 4. The average molecular weight is 299 g/mol. The molecular weight excluding hydrogens is 287 g/mol. The molecule has 0 aliphatic rings. The lowest BCUT2D eigenvalue weighted by molar-refractivity contribution is 0.177. The third-order valence-electron chi connectivity index (χ3n) is 2.65. The minimum Gasteiger partial charge on any atom is -0.481 e. The monoisotopic (exact) mass is 298 g/mol. The number of benzene rings is 1. The summed E-state index contributed by atoms with van der Waals surface area (Å²) < 4.78 is 5.01. The van der Waals surface area contributed by atoms with Crippen molar-refractivity contribution < 1.29 is 9.84 Å². The summed E-state index contributed by atoms with van der Waals surface area (Å²) in [6.07, 6.45) is 0.908. The Kier molecular flexibility index (Phi) is 4.58. The number of halogens is 2. The first kappa shape index (κ1) is 14.1. The van der Waals surface area contributed by atoms with Gasteiger partial charge in [0.2, 0.25) is 5.88 Å². The maximum absolute atomic E-state index is 10.2. The molecule has 100 valence electrons. The number of hydrogen-bond donors (Lipinski definition) is 1. The second kappa shape index (κ2) is 6.19. The number of aromatic nitrogens is 2. The molecule has 0 aliphatic heterocycles. The van der Waals surface area contributed by atoms with Crippen LogP contribution in [0.2, 0.25) is 10.0 Å². The summed E-state index contributed by atoms with van der Waals surface area (Å²) in [5.41, 5.74) is 1.24. The van der Waals surface area contributed by atoms with Crippen LogP contribution >= 0.6 is 23.2 Å². The molecule has 2 aromatic rings. The van der Waals surface area contributed by atoms with Gasteiger partial charge in [-0.2, -0.15) is 0 Å². The predicted molar refractivity (Wildman–Crippen MR) is 73.7 cm³/mol. The van der Waals surface area contributed by atoms with Crippen LogP contribution in [-0.2, 0) is 6.42 Å². The van der Waals surface area contributed by atoms with E-state index in [1.54, 1.807) is 24.3 Å². The van der Waals surface area contributed by atoms with Gasteiger partial charge in [0, 0.05) is 18.1 Å². The van der Waals surface area contributed by atoms with Gasteiger partial charge in [0.25, 0.3) is 0 Å². The summed E-state index contributed by atoms with van der Waals surface area (Å²) in [6, 6.07) is 6.82. The summed E-state index contributed by atoms with van der Waals surface area (Å²) in [4.78, 5) is 7.99. The smallest absolute Gasteiger partial charge is 0.216 e. The number of ether oxygens (including phenoxy) is 1. The fourth-order valence-electron chi connectivity index (χ4n) is 1.69. The summed E-state index contributed by atoms with van der Waals surface area (Å²) in [7, 11) is 1.52. The number of aliphatic hydroxyl groups is 1. The van der Waals surface area contributed by atoms with Gasteiger partial charge in [-0.05, 0) is 6.07 Å². The Bertz CT molecular complexity index is 578. The summed E-state index contributed by atoms with van der Waals surface area (Å²) in [5, 5.41) is 11.0. The molecule has 1 unspecified atom stereocenters. The molecule has 1 atom stereocenters. The van der Waals surface area contributed by atoms with Crippen LogP contribution in [0.3, 0.4) is 0 Å². The number of rotatable bonds is 4. The first-order chi connectivity index (χ1) is 9.11. The van der Waals surface area contributed by atoms with E-state index in [1.807, 2.05) is 0 Å². The molecule has 6 heteroatoms. The Morgan fingerprint density at radius 2 is 2.11 bits per heavy atom. The molecule has 0 amide bonds. The largest absolute Gasteiger partial charge is 0.481 e. The molecular formula is C13H12Cl2N2O2. The lowest BCUT2D eigenvalue weighted by Gasteiger charge is -2.13. The van der Waals surface area contributed by atoms with E-state index in [0.29, 0.717) is 33.6 Å². The van der Waals surface area contributed by atoms with Crippen LogP contribution in [0.4, 0.5) is 0 Å². The Hall–Kier alpha value is -1.36. The maximum Gasteiger partial charge on any atom is 0.216 e. The van der Waals surface area contributed by atoms with Gasteiger partial charge in [-0.15, -0.1) is 0 Å². The highest BCUT2D eigenvalue weighted by Gasteiger charge is 2.15. The topological polar surface area (TPSA) is 55.2 Å². The standard InChI is InChI=1S/C13H12Cl2N2O2/c1-19-12-6-8(16-7-17-12)5-11(18)9-3-2-4-10(14)13(9)15/h2-4,6-7,11,18H,5H2,1H3. The minimum atomic E-state index is -0.786. The summed E-state index contributed by atoms with van der Waals surface area (Å²) in [5.74, 6) is 0.453. The second-order valence-corrected chi connectivity index (χ2v) is 4.70. The fraction of sp³-hybridized carbons (Fsp3) is 0.231. The molecule has 0 spiro atoms. The van der Waals surface area contributed by atoms with E-state index in [4.69, 9.17) is 27.9 Å². The molecule has 1 aromatic carbocycles. The zero-order chi connectivity index (χ0) is 13.8. The van der Waals surface area contributed by atoms with Crippen LogP contribution in [0.5, 0.6) is 5.88 Å². The van der Waals surface area contributed by atoms with Crippen molar-refractivity contribution in [1.82, 2.24) is 9.97 Å². The molecule has 0 radical (unpaired) electrons. The van der Waals surface area contributed by atoms with Crippen molar-refractivity contribution in [2.24, 2.45) is 0 Å². The maximum atomic E-state index is 10.2. The van der Waals surface area contributed by atoms with Gasteiger partial charge < -0.3 is 9.84 Å². The normalized spacial score (nSPS) is 12.2. The van der Waals surface area contributed by atoms with Crippen LogP contribution in [-0.4, -0.2) is 22.2 Å². The zero-order valence-corrected chi connectivity index (χ0v) is 11.7. The first-order valence-corrected chi connectivity index (χ1v) is 6.34. The molecule has 0 fully saturated rings. The van der Waals surface area contributed by atoms with Crippen LogP contribution in [0.15, 0.2) is 30.6 Å². The van der Waals surface area contributed by atoms with Gasteiger partial charge in [0.1, 0.15) is 6.33 Å². The fourth-order valence-corrected chi connectivity index (χ4v) is 2.12. The van der Waals surface area contributed by atoms with Gasteiger partial charge >= 0.3 is 0 Å². The van der Waals surface area contributed by atoms with E-state index in [9.17, 15) is 5.11 Å². The van der Waals surface area contributed by atoms with E-state index in [2.05, 4.69) is 9.97 Å². The average Bonchev–Trinajstić information content (AvgIpc) is 2.42. The third-order valence-corrected chi connectivity index (χ3v) is 3.48. The lowest BCUT2D eigenvalue weighted by Crippen LogP contribution is -2.05. The van der Waals surface area contributed by atoms with Gasteiger partial charge in [-0.1, -0.05) is 35.3 Å². The SMILES string of the molecule is COc1cc(CC(O)c2cccc(Cl)c2Cl)ncn1. The number of nitrogens with zero attached hydrogens (tertiary/aromatic N) is 2. The highest BCUT2D eigenvalue weighted by Crippen LogP contribution is 2.31. The molecule has 0 saturated carbocycles. The van der Waals surface area contributed by atoms with Crippen LogP contribution in [0, 0.1) is 0 Å². The number of methoxy groups -OCH3 is 1. The van der Waals surface area contributed by atoms with E-state index in [-0.39, 0.29) is 0 Å². The second-order valence-electron chi connectivity index (χ2n) is 3.91. The van der Waals surface area contributed by atoms with E-state index >= 15 is 0 Å². The highest BCUT2D eigenvalue weighted by atomic mass is 35.5. The minimum absolute atomic E-state index is 0.305. The van der Waals surface area contributed by atoms with E-state index in [0.717, 1.165) is 0 Å².